The predicted octanol–water partition coefficient (Wildman–Crippen LogP) is 8.21. The molecule has 0 saturated heterocycles. The fraction of sp³-hybridized carbons (Fsp3) is 0.0435. The Balaban J connectivity index is 1.52. The first kappa shape index (κ1) is 18.8. The number of rotatable bonds is 4. The lowest BCUT2D eigenvalue weighted by molar-refractivity contribution is 1.21. The highest BCUT2D eigenvalue weighted by molar-refractivity contribution is 6.31. The Morgan fingerprint density at radius 3 is 1.93 bits per heavy atom. The summed E-state index contributed by atoms with van der Waals surface area (Å²) in [5.74, 6) is 0. The van der Waals surface area contributed by atoms with E-state index in [1.807, 2.05) is 85.8 Å². The van der Waals surface area contributed by atoms with Gasteiger partial charge in [0.1, 0.15) is 0 Å². The fourth-order valence-electron chi connectivity index (χ4n) is 2.90. The van der Waals surface area contributed by atoms with Gasteiger partial charge in [0.2, 0.25) is 0 Å². The number of fused-ring (bicyclic) bond motifs is 1. The van der Waals surface area contributed by atoms with Gasteiger partial charge in [0, 0.05) is 21.5 Å². The van der Waals surface area contributed by atoms with Crippen LogP contribution in [-0.2, 0) is 0 Å². The van der Waals surface area contributed by atoms with Crippen molar-refractivity contribution in [1.29, 1.82) is 0 Å². The lowest BCUT2D eigenvalue weighted by Gasteiger charge is -2.04. The first-order valence-electron chi connectivity index (χ1n) is 9.07. The van der Waals surface area contributed by atoms with Crippen LogP contribution in [0.1, 0.15) is 5.56 Å². The summed E-state index contributed by atoms with van der Waals surface area (Å²) in [6.07, 6.45) is 0. The summed E-state index contributed by atoms with van der Waals surface area (Å²) in [5, 5.41) is 19.9. The first-order valence-corrected chi connectivity index (χ1v) is 9.45. The molecular weight excluding hydrogens is 382 g/mol. The van der Waals surface area contributed by atoms with Gasteiger partial charge in [-0.1, -0.05) is 35.9 Å². The molecule has 0 aliphatic heterocycles. The normalized spacial score (nSPS) is 11.7. The van der Waals surface area contributed by atoms with Crippen molar-refractivity contribution in [2.24, 2.45) is 20.5 Å². The molecule has 0 aliphatic carbocycles. The molecule has 0 saturated carbocycles. The van der Waals surface area contributed by atoms with Gasteiger partial charge in [-0.15, -0.1) is 5.11 Å². The van der Waals surface area contributed by atoms with Crippen LogP contribution in [0, 0.1) is 6.92 Å². The number of nitrogens with zero attached hydrogens (tertiary/aromatic N) is 4. The number of nitrogens with two attached hydrogens (primary N) is 1. The van der Waals surface area contributed by atoms with Crippen LogP contribution in [0.15, 0.2) is 99.3 Å². The molecule has 0 aromatic heterocycles. The van der Waals surface area contributed by atoms with Crippen LogP contribution in [-0.4, -0.2) is 0 Å². The molecule has 0 bridgehead atoms. The van der Waals surface area contributed by atoms with Crippen molar-refractivity contribution in [3.63, 3.8) is 0 Å². The van der Waals surface area contributed by atoms with Crippen LogP contribution in [0.3, 0.4) is 0 Å². The number of aryl methyl sites for hydroxylation is 1. The quantitative estimate of drug-likeness (QED) is 0.272. The number of anilines is 1. The molecule has 4 aromatic carbocycles. The lowest BCUT2D eigenvalue weighted by Crippen LogP contribution is -1.86. The molecule has 0 atom stereocenters. The summed E-state index contributed by atoms with van der Waals surface area (Å²) in [7, 11) is 0. The Hall–Kier alpha value is -3.57. The average molecular weight is 400 g/mol. The van der Waals surface area contributed by atoms with Crippen molar-refractivity contribution < 1.29 is 0 Å². The van der Waals surface area contributed by atoms with Gasteiger partial charge in [-0.05, 0) is 67.1 Å². The average Bonchev–Trinajstić information content (AvgIpc) is 2.75. The van der Waals surface area contributed by atoms with Crippen molar-refractivity contribution in [2.75, 3.05) is 5.73 Å². The summed E-state index contributed by atoms with van der Waals surface area (Å²) >= 11 is 6.03. The topological polar surface area (TPSA) is 75.5 Å². The third-order valence-electron chi connectivity index (χ3n) is 4.48. The van der Waals surface area contributed by atoms with Gasteiger partial charge in [-0.3, -0.25) is 0 Å². The minimum Gasteiger partial charge on any atom is -0.398 e. The monoisotopic (exact) mass is 399 g/mol. The minimum atomic E-state index is 0.715. The standard InChI is InChI=1S/C23H18ClN5/c1-15-14-18(10-11-21(15)24)28-26-16-6-8-17(9-7-16)27-29-23-13-12-22(25)19-4-2-3-5-20(19)23/h2-14H,25H2,1H3. The maximum absolute atomic E-state index is 6.04. The second kappa shape index (κ2) is 8.20. The maximum Gasteiger partial charge on any atom is 0.0936 e. The van der Waals surface area contributed by atoms with E-state index < -0.39 is 0 Å². The second-order valence-electron chi connectivity index (χ2n) is 6.57. The minimum absolute atomic E-state index is 0.715. The van der Waals surface area contributed by atoms with Crippen LogP contribution < -0.4 is 5.73 Å². The van der Waals surface area contributed by atoms with Gasteiger partial charge < -0.3 is 5.73 Å². The molecule has 29 heavy (non-hydrogen) atoms. The summed E-state index contributed by atoms with van der Waals surface area (Å²) < 4.78 is 0. The number of benzene rings is 4. The number of hydrogen-bond donors (Lipinski definition) is 1. The highest BCUT2D eigenvalue weighted by Crippen LogP contribution is 2.31. The predicted molar refractivity (Wildman–Crippen MR) is 119 cm³/mol. The number of halogens is 1. The highest BCUT2D eigenvalue weighted by atomic mass is 35.5. The molecule has 0 amide bonds. The van der Waals surface area contributed by atoms with Crippen molar-refractivity contribution >= 4 is 50.8 Å². The zero-order chi connectivity index (χ0) is 20.2. The van der Waals surface area contributed by atoms with E-state index in [4.69, 9.17) is 17.3 Å². The molecule has 4 aromatic rings. The SMILES string of the molecule is Cc1cc(N=Nc2ccc(N=Nc3ccc(N)c4ccccc34)cc2)ccc1Cl. The van der Waals surface area contributed by atoms with Crippen molar-refractivity contribution in [1.82, 2.24) is 0 Å². The van der Waals surface area contributed by atoms with Gasteiger partial charge in [-0.2, -0.15) is 15.3 Å². The molecule has 0 aliphatic rings. The van der Waals surface area contributed by atoms with E-state index in [-0.39, 0.29) is 0 Å². The smallest absolute Gasteiger partial charge is 0.0936 e. The van der Waals surface area contributed by atoms with E-state index in [0.29, 0.717) is 5.02 Å². The molecule has 5 nitrogen and oxygen atoms in total. The third kappa shape index (κ3) is 4.31. The van der Waals surface area contributed by atoms with Crippen LogP contribution in [0.25, 0.3) is 10.8 Å². The zero-order valence-corrected chi connectivity index (χ0v) is 16.5. The third-order valence-corrected chi connectivity index (χ3v) is 4.90. The fourth-order valence-corrected chi connectivity index (χ4v) is 3.02. The lowest BCUT2D eigenvalue weighted by atomic mass is 10.1. The Morgan fingerprint density at radius 2 is 1.24 bits per heavy atom. The van der Waals surface area contributed by atoms with E-state index in [0.717, 1.165) is 44.8 Å². The highest BCUT2D eigenvalue weighted by Gasteiger charge is 2.03. The molecular formula is C23H18ClN5. The van der Waals surface area contributed by atoms with Crippen LogP contribution in [0.2, 0.25) is 5.02 Å². The largest absolute Gasteiger partial charge is 0.398 e. The molecule has 4 rings (SSSR count). The van der Waals surface area contributed by atoms with E-state index >= 15 is 0 Å². The molecule has 0 fully saturated rings. The van der Waals surface area contributed by atoms with Crippen molar-refractivity contribution in [2.45, 2.75) is 6.92 Å². The van der Waals surface area contributed by atoms with E-state index in [1.54, 1.807) is 0 Å². The second-order valence-corrected chi connectivity index (χ2v) is 6.98. The van der Waals surface area contributed by atoms with Crippen molar-refractivity contribution in [3.05, 3.63) is 89.4 Å². The van der Waals surface area contributed by atoms with E-state index in [9.17, 15) is 0 Å². The van der Waals surface area contributed by atoms with Crippen LogP contribution >= 0.6 is 11.6 Å². The van der Waals surface area contributed by atoms with E-state index in [1.165, 1.54) is 0 Å². The first-order chi connectivity index (χ1) is 14.1. The molecule has 6 heteroatoms. The Kier molecular flexibility index (Phi) is 5.31. The number of azo groups is 2. The Bertz CT molecular complexity index is 1230. The maximum atomic E-state index is 6.04. The van der Waals surface area contributed by atoms with Crippen LogP contribution in [0.5, 0.6) is 0 Å². The molecule has 0 unspecified atom stereocenters. The van der Waals surface area contributed by atoms with Gasteiger partial charge in [0.05, 0.1) is 22.7 Å². The Labute approximate surface area is 173 Å². The summed E-state index contributed by atoms with van der Waals surface area (Å²) in [4.78, 5) is 0. The number of hydrogen-bond acceptors (Lipinski definition) is 5. The molecule has 0 spiro atoms. The molecule has 0 radical (unpaired) electrons. The Morgan fingerprint density at radius 1 is 0.655 bits per heavy atom. The molecule has 0 heterocycles. The number of nitrogen functional groups attached to an aromatic ring is 1. The molecule has 2 N–H and O–H groups in total. The van der Waals surface area contributed by atoms with Gasteiger partial charge in [0.15, 0.2) is 0 Å². The zero-order valence-electron chi connectivity index (χ0n) is 15.7. The van der Waals surface area contributed by atoms with Gasteiger partial charge >= 0.3 is 0 Å². The van der Waals surface area contributed by atoms with Gasteiger partial charge in [-0.25, -0.2) is 0 Å². The summed E-state index contributed by atoms with van der Waals surface area (Å²) in [6.45, 7) is 1.94. The van der Waals surface area contributed by atoms with Gasteiger partial charge in [0.25, 0.3) is 0 Å². The summed E-state index contributed by atoms with van der Waals surface area (Å²) in [6, 6.07) is 24.5. The molecule has 142 valence electrons. The van der Waals surface area contributed by atoms with Crippen LogP contribution in [0.4, 0.5) is 28.4 Å². The van der Waals surface area contributed by atoms with Crippen molar-refractivity contribution in [3.8, 4) is 0 Å². The van der Waals surface area contributed by atoms with E-state index in [2.05, 4.69) is 20.5 Å². The summed E-state index contributed by atoms with van der Waals surface area (Å²) in [5.41, 5.74) is 10.7.